The summed E-state index contributed by atoms with van der Waals surface area (Å²) in [6.45, 7) is 5.48. The molecule has 0 aromatic heterocycles. The molecule has 0 saturated carbocycles. The number of Topliss-reactive ketones (excluding diaryl/α,β-unsaturated/α-hetero) is 1. The maximum Gasteiger partial charge on any atom is 0.313 e. The summed E-state index contributed by atoms with van der Waals surface area (Å²) in [4.78, 5) is 27.3. The molecule has 19 heavy (non-hydrogen) atoms. The fourth-order valence-electron chi connectivity index (χ4n) is 2.52. The van der Waals surface area contributed by atoms with Crippen molar-refractivity contribution in [2.45, 2.75) is 26.2 Å². The Morgan fingerprint density at radius 3 is 2.42 bits per heavy atom. The molecule has 0 aromatic rings. The van der Waals surface area contributed by atoms with E-state index in [1.807, 2.05) is 0 Å². The molecule has 1 aliphatic heterocycles. The van der Waals surface area contributed by atoms with Gasteiger partial charge in [0.25, 0.3) is 0 Å². The number of hydrogen-bond acceptors (Lipinski definition) is 5. The first-order valence-corrected chi connectivity index (χ1v) is 7.05. The zero-order valence-electron chi connectivity index (χ0n) is 12.4. The average molecular weight is 270 g/mol. The van der Waals surface area contributed by atoms with Gasteiger partial charge in [-0.3, -0.25) is 14.5 Å². The largest absolute Gasteiger partial charge is 0.466 e. The van der Waals surface area contributed by atoms with Crippen LogP contribution in [-0.2, 0) is 14.3 Å². The van der Waals surface area contributed by atoms with E-state index in [0.717, 1.165) is 38.4 Å². The molecule has 0 spiro atoms. The smallest absolute Gasteiger partial charge is 0.313 e. The third-order valence-corrected chi connectivity index (χ3v) is 3.38. The minimum atomic E-state index is -0.407. The lowest BCUT2D eigenvalue weighted by molar-refractivity contribution is -0.145. The van der Waals surface area contributed by atoms with Crippen molar-refractivity contribution in [1.82, 2.24) is 9.80 Å². The molecular weight excluding hydrogens is 244 g/mol. The zero-order chi connectivity index (χ0) is 14.3. The number of hydrogen-bond donors (Lipinski definition) is 0. The number of carbonyl (C=O) groups is 2. The molecule has 1 heterocycles. The zero-order valence-corrected chi connectivity index (χ0v) is 12.4. The fraction of sp³-hybridized carbons (Fsp3) is 0.857. The SMILES string of the molecule is CCOC(=O)CC(=O)CN1CCC(CN(C)C)CC1. The van der Waals surface area contributed by atoms with Gasteiger partial charge in [0.05, 0.1) is 13.2 Å². The Labute approximate surface area is 115 Å². The van der Waals surface area contributed by atoms with E-state index in [4.69, 9.17) is 4.74 Å². The van der Waals surface area contributed by atoms with E-state index in [2.05, 4.69) is 23.9 Å². The number of esters is 1. The van der Waals surface area contributed by atoms with Gasteiger partial charge < -0.3 is 9.64 Å². The van der Waals surface area contributed by atoms with Crippen LogP contribution in [0.4, 0.5) is 0 Å². The molecule has 0 radical (unpaired) electrons. The Hall–Kier alpha value is -0.940. The Balaban J connectivity index is 2.21. The first kappa shape index (κ1) is 16.1. The van der Waals surface area contributed by atoms with Gasteiger partial charge in [0.15, 0.2) is 5.78 Å². The van der Waals surface area contributed by atoms with Crippen LogP contribution in [0.3, 0.4) is 0 Å². The second-order valence-electron chi connectivity index (χ2n) is 5.50. The molecule has 1 saturated heterocycles. The van der Waals surface area contributed by atoms with Crippen LogP contribution in [0.1, 0.15) is 26.2 Å². The monoisotopic (exact) mass is 270 g/mol. The number of piperidine rings is 1. The summed E-state index contributed by atoms with van der Waals surface area (Å²) in [5.41, 5.74) is 0. The van der Waals surface area contributed by atoms with Gasteiger partial charge in [0.1, 0.15) is 6.42 Å². The maximum absolute atomic E-state index is 11.7. The Bertz CT molecular complexity index is 297. The highest BCUT2D eigenvalue weighted by atomic mass is 16.5. The summed E-state index contributed by atoms with van der Waals surface area (Å²) in [6.07, 6.45) is 2.17. The summed E-state index contributed by atoms with van der Waals surface area (Å²) in [7, 11) is 4.19. The lowest BCUT2D eigenvalue weighted by atomic mass is 9.96. The molecule has 0 bridgehead atoms. The number of nitrogens with zero attached hydrogens (tertiary/aromatic N) is 2. The second kappa shape index (κ2) is 8.27. The maximum atomic E-state index is 11.7. The van der Waals surface area contributed by atoms with E-state index in [9.17, 15) is 9.59 Å². The third kappa shape index (κ3) is 6.68. The van der Waals surface area contributed by atoms with E-state index >= 15 is 0 Å². The van der Waals surface area contributed by atoms with Gasteiger partial charge in [-0.25, -0.2) is 0 Å². The van der Waals surface area contributed by atoms with Crippen LogP contribution in [0.25, 0.3) is 0 Å². The Kier molecular flexibility index (Phi) is 7.02. The van der Waals surface area contributed by atoms with Gasteiger partial charge in [0.2, 0.25) is 0 Å². The number of likely N-dealkylation sites (tertiary alicyclic amines) is 1. The van der Waals surface area contributed by atoms with Crippen molar-refractivity contribution in [3.8, 4) is 0 Å². The van der Waals surface area contributed by atoms with Crippen LogP contribution in [0.5, 0.6) is 0 Å². The van der Waals surface area contributed by atoms with Crippen molar-refractivity contribution >= 4 is 11.8 Å². The van der Waals surface area contributed by atoms with Crippen molar-refractivity contribution in [2.24, 2.45) is 5.92 Å². The van der Waals surface area contributed by atoms with E-state index in [1.54, 1.807) is 6.92 Å². The second-order valence-corrected chi connectivity index (χ2v) is 5.50. The van der Waals surface area contributed by atoms with Crippen molar-refractivity contribution in [3.63, 3.8) is 0 Å². The summed E-state index contributed by atoms with van der Waals surface area (Å²) < 4.78 is 4.78. The molecule has 1 rings (SSSR count). The number of carbonyl (C=O) groups excluding carboxylic acids is 2. The molecule has 0 aliphatic carbocycles. The van der Waals surface area contributed by atoms with Crippen LogP contribution in [0.2, 0.25) is 0 Å². The van der Waals surface area contributed by atoms with Crippen LogP contribution >= 0.6 is 0 Å². The minimum Gasteiger partial charge on any atom is -0.466 e. The van der Waals surface area contributed by atoms with Gasteiger partial charge in [0, 0.05) is 6.54 Å². The van der Waals surface area contributed by atoms with E-state index < -0.39 is 5.97 Å². The van der Waals surface area contributed by atoms with Crippen LogP contribution < -0.4 is 0 Å². The van der Waals surface area contributed by atoms with E-state index in [1.165, 1.54) is 0 Å². The number of ketones is 1. The fourth-order valence-corrected chi connectivity index (χ4v) is 2.52. The first-order valence-electron chi connectivity index (χ1n) is 7.05. The first-order chi connectivity index (χ1) is 9.01. The van der Waals surface area contributed by atoms with Crippen molar-refractivity contribution < 1.29 is 14.3 Å². The molecule has 1 fully saturated rings. The molecule has 0 N–H and O–H groups in total. The van der Waals surface area contributed by atoms with Gasteiger partial charge in [-0.05, 0) is 52.9 Å². The van der Waals surface area contributed by atoms with Crippen LogP contribution in [-0.4, -0.2) is 68.4 Å². The molecule has 5 heteroatoms. The molecule has 1 aliphatic rings. The predicted octanol–water partition coefficient (Wildman–Crippen LogP) is 0.782. The summed E-state index contributed by atoms with van der Waals surface area (Å²) in [6, 6.07) is 0. The van der Waals surface area contributed by atoms with E-state index in [-0.39, 0.29) is 12.2 Å². The molecule has 110 valence electrons. The molecule has 5 nitrogen and oxygen atoms in total. The summed E-state index contributed by atoms with van der Waals surface area (Å²) in [5.74, 6) is 0.283. The predicted molar refractivity (Wildman–Crippen MR) is 74.0 cm³/mol. The third-order valence-electron chi connectivity index (χ3n) is 3.38. The normalized spacial score (nSPS) is 17.7. The summed E-state index contributed by atoms with van der Waals surface area (Å²) >= 11 is 0. The Morgan fingerprint density at radius 2 is 1.89 bits per heavy atom. The minimum absolute atomic E-state index is 0.0375. The topological polar surface area (TPSA) is 49.9 Å². The number of rotatable bonds is 7. The van der Waals surface area contributed by atoms with E-state index in [0.29, 0.717) is 13.2 Å². The van der Waals surface area contributed by atoms with Crippen molar-refractivity contribution in [2.75, 3.05) is 46.9 Å². The van der Waals surface area contributed by atoms with Crippen LogP contribution in [0.15, 0.2) is 0 Å². The lowest BCUT2D eigenvalue weighted by Gasteiger charge is -2.32. The number of ether oxygens (including phenoxy) is 1. The Morgan fingerprint density at radius 1 is 1.26 bits per heavy atom. The molecular formula is C14H26N2O3. The standard InChI is InChI=1S/C14H26N2O3/c1-4-19-14(18)9-13(17)11-16-7-5-12(6-8-16)10-15(2)3/h12H,4-11H2,1-3H3. The van der Waals surface area contributed by atoms with Gasteiger partial charge >= 0.3 is 5.97 Å². The van der Waals surface area contributed by atoms with Crippen molar-refractivity contribution in [1.29, 1.82) is 0 Å². The highest BCUT2D eigenvalue weighted by molar-refractivity contribution is 5.96. The van der Waals surface area contributed by atoms with Crippen LogP contribution in [0, 0.1) is 5.92 Å². The average Bonchev–Trinajstić information content (AvgIpc) is 2.31. The molecule has 0 unspecified atom stereocenters. The van der Waals surface area contributed by atoms with Crippen molar-refractivity contribution in [3.05, 3.63) is 0 Å². The molecule has 0 amide bonds. The highest BCUT2D eigenvalue weighted by Crippen LogP contribution is 2.17. The van der Waals surface area contributed by atoms with Gasteiger partial charge in [-0.15, -0.1) is 0 Å². The van der Waals surface area contributed by atoms with Gasteiger partial charge in [-0.1, -0.05) is 0 Å². The van der Waals surface area contributed by atoms with Gasteiger partial charge in [-0.2, -0.15) is 0 Å². The summed E-state index contributed by atoms with van der Waals surface area (Å²) in [5, 5.41) is 0. The molecule has 0 aromatic carbocycles. The quantitative estimate of drug-likeness (QED) is 0.505. The molecule has 0 atom stereocenters. The lowest BCUT2D eigenvalue weighted by Crippen LogP contribution is -2.40. The highest BCUT2D eigenvalue weighted by Gasteiger charge is 2.22.